The van der Waals surface area contributed by atoms with E-state index in [0.29, 0.717) is 18.5 Å². The number of alkyl carbamates (subject to hydrolysis) is 1. The van der Waals surface area contributed by atoms with Crippen molar-refractivity contribution in [3.8, 4) is 0 Å². The van der Waals surface area contributed by atoms with Crippen molar-refractivity contribution >= 4 is 35.8 Å². The summed E-state index contributed by atoms with van der Waals surface area (Å²) in [4.78, 5) is 66.1. The second kappa shape index (κ2) is 17.2. The van der Waals surface area contributed by atoms with E-state index < -0.39 is 47.6 Å². The summed E-state index contributed by atoms with van der Waals surface area (Å²) in [5, 5.41) is 7.81. The van der Waals surface area contributed by atoms with E-state index in [0.717, 1.165) is 0 Å². The zero-order chi connectivity index (χ0) is 31.0. The zero-order valence-electron chi connectivity index (χ0n) is 23.9. The summed E-state index contributed by atoms with van der Waals surface area (Å²) < 4.78 is 10.1. The molecule has 0 saturated heterocycles. The minimum atomic E-state index is -1.16. The van der Waals surface area contributed by atoms with Crippen LogP contribution < -0.4 is 38.9 Å². The first kappa shape index (κ1) is 34.5. The zero-order valence-corrected chi connectivity index (χ0v) is 23.9. The highest BCUT2D eigenvalue weighted by Crippen LogP contribution is 2.09. The Morgan fingerprint density at radius 3 is 1.93 bits per heavy atom. The van der Waals surface area contributed by atoms with Gasteiger partial charge in [-0.15, -0.1) is 0 Å². The van der Waals surface area contributed by atoms with Gasteiger partial charge in [0.2, 0.25) is 11.8 Å². The third kappa shape index (κ3) is 15.0. The number of carbonyl (C=O) groups is 4. The molecule has 1 aromatic heterocycles. The molecule has 230 valence electrons. The van der Waals surface area contributed by atoms with Crippen LogP contribution in [0.1, 0.15) is 52.1 Å². The maximum atomic E-state index is 13.4. The predicted molar refractivity (Wildman–Crippen MR) is 151 cm³/mol. The number of imidazole rings is 1. The van der Waals surface area contributed by atoms with Gasteiger partial charge in [0, 0.05) is 31.4 Å². The number of aliphatic imine (C=N–C) groups is 2. The van der Waals surface area contributed by atoms with Crippen molar-refractivity contribution in [1.82, 2.24) is 25.9 Å². The molecule has 3 atom stereocenters. The number of ether oxygens (including phenoxy) is 2. The van der Waals surface area contributed by atoms with Gasteiger partial charge in [-0.1, -0.05) is 0 Å². The molecule has 0 bridgehead atoms. The van der Waals surface area contributed by atoms with E-state index in [1.165, 1.54) is 19.6 Å². The quantitative estimate of drug-likeness (QED) is 0.0461. The van der Waals surface area contributed by atoms with Gasteiger partial charge >= 0.3 is 12.1 Å². The van der Waals surface area contributed by atoms with E-state index in [2.05, 4.69) is 35.9 Å². The molecule has 0 saturated carbocycles. The Kier molecular flexibility index (Phi) is 14.4. The molecule has 17 nitrogen and oxygen atoms in total. The lowest BCUT2D eigenvalue weighted by Crippen LogP contribution is -2.56. The summed E-state index contributed by atoms with van der Waals surface area (Å²) in [6, 6.07) is -3.28. The standard InChI is InChI=1S/C24H43N11O6/c1-24(2,3)41-23(39)35-15(7-5-9-30-21(25)26)18(36)34-17(11-14-12-29-13-32-14)19(37)33-16(20(38)40-4)8-6-10-31-22(27)28/h12-13,15-17H,5-11H2,1-4H3,(H,29,32)(H,33,37)(H,34,36)(H,35,39)(H4,25,26,30)(H4,27,28,31)/t15-,16-,17-/m0/s1. The molecule has 0 unspecified atom stereocenters. The smallest absolute Gasteiger partial charge is 0.408 e. The first-order valence-electron chi connectivity index (χ1n) is 13.0. The Balaban J connectivity index is 3.11. The summed E-state index contributed by atoms with van der Waals surface area (Å²) in [5.41, 5.74) is 21.1. The number of nitrogens with one attached hydrogen (secondary N) is 4. The number of rotatable bonds is 16. The number of guanidine groups is 2. The van der Waals surface area contributed by atoms with Crippen molar-refractivity contribution in [3.05, 3.63) is 18.2 Å². The van der Waals surface area contributed by atoms with Crippen LogP contribution in [0.25, 0.3) is 0 Å². The summed E-state index contributed by atoms with van der Waals surface area (Å²) in [5.74, 6) is -2.22. The van der Waals surface area contributed by atoms with Gasteiger partial charge in [0.25, 0.3) is 0 Å². The van der Waals surface area contributed by atoms with Crippen LogP contribution in [0.3, 0.4) is 0 Å². The topological polar surface area (TPSA) is 280 Å². The van der Waals surface area contributed by atoms with Crippen molar-refractivity contribution in [2.75, 3.05) is 20.2 Å². The van der Waals surface area contributed by atoms with Crippen LogP contribution in [-0.2, 0) is 30.3 Å². The van der Waals surface area contributed by atoms with Gasteiger partial charge in [-0.25, -0.2) is 14.6 Å². The van der Waals surface area contributed by atoms with E-state index in [-0.39, 0.29) is 44.3 Å². The Hall–Kier alpha value is -4.57. The highest BCUT2D eigenvalue weighted by Gasteiger charge is 2.31. The lowest BCUT2D eigenvalue weighted by Gasteiger charge is -2.26. The number of H-pyrrole nitrogens is 1. The molecule has 0 aliphatic rings. The van der Waals surface area contributed by atoms with E-state index in [1.807, 2.05) is 0 Å². The Labute approximate surface area is 238 Å². The van der Waals surface area contributed by atoms with Crippen LogP contribution in [0, 0.1) is 0 Å². The van der Waals surface area contributed by atoms with Gasteiger partial charge < -0.3 is 53.3 Å². The SMILES string of the molecule is COC(=O)[C@H](CCCN=C(N)N)NC(=O)[C@H](Cc1cnc[nH]1)NC(=O)[C@H](CCCN=C(N)N)NC(=O)OC(C)(C)C. The first-order chi connectivity index (χ1) is 19.2. The average Bonchev–Trinajstić information content (AvgIpc) is 3.38. The van der Waals surface area contributed by atoms with E-state index >= 15 is 0 Å². The Morgan fingerprint density at radius 2 is 1.44 bits per heavy atom. The molecule has 1 rings (SSSR count). The van der Waals surface area contributed by atoms with Gasteiger partial charge in [0.1, 0.15) is 23.7 Å². The average molecular weight is 582 g/mol. The number of hydrogen-bond donors (Lipinski definition) is 8. The van der Waals surface area contributed by atoms with Gasteiger partial charge in [0.15, 0.2) is 11.9 Å². The van der Waals surface area contributed by atoms with Crippen molar-refractivity contribution in [2.45, 2.75) is 76.6 Å². The highest BCUT2D eigenvalue weighted by molar-refractivity contribution is 5.93. The fourth-order valence-electron chi connectivity index (χ4n) is 3.49. The molecule has 0 aliphatic carbocycles. The molecule has 0 aliphatic heterocycles. The molecule has 0 aromatic carbocycles. The predicted octanol–water partition coefficient (Wildman–Crippen LogP) is -1.90. The van der Waals surface area contributed by atoms with Crippen LogP contribution in [0.4, 0.5) is 4.79 Å². The lowest BCUT2D eigenvalue weighted by atomic mass is 10.1. The third-order valence-electron chi connectivity index (χ3n) is 5.31. The number of methoxy groups -OCH3 is 1. The van der Waals surface area contributed by atoms with Crippen LogP contribution in [0.5, 0.6) is 0 Å². The number of hydrogen-bond acceptors (Lipinski definition) is 9. The molecule has 41 heavy (non-hydrogen) atoms. The summed E-state index contributed by atoms with van der Waals surface area (Å²) in [6.45, 7) is 5.49. The number of amides is 3. The first-order valence-corrected chi connectivity index (χ1v) is 13.0. The molecule has 1 heterocycles. The van der Waals surface area contributed by atoms with E-state index in [9.17, 15) is 19.2 Å². The number of aromatic amines is 1. The van der Waals surface area contributed by atoms with Gasteiger partial charge in [-0.3, -0.25) is 19.6 Å². The molecular formula is C24H43N11O6. The van der Waals surface area contributed by atoms with Crippen LogP contribution in [0.15, 0.2) is 22.5 Å². The van der Waals surface area contributed by atoms with E-state index in [4.69, 9.17) is 32.4 Å². The van der Waals surface area contributed by atoms with Crippen molar-refractivity contribution in [3.63, 3.8) is 0 Å². The van der Waals surface area contributed by atoms with Gasteiger partial charge in [-0.2, -0.15) is 0 Å². The second-order valence-corrected chi connectivity index (χ2v) is 10.0. The minimum absolute atomic E-state index is 0.00657. The fourth-order valence-corrected chi connectivity index (χ4v) is 3.49. The third-order valence-corrected chi connectivity index (χ3v) is 5.31. The number of nitrogens with zero attached hydrogens (tertiary/aromatic N) is 3. The summed E-state index contributed by atoms with van der Waals surface area (Å²) >= 11 is 0. The number of nitrogens with two attached hydrogens (primary N) is 4. The monoisotopic (exact) mass is 581 g/mol. The lowest BCUT2D eigenvalue weighted by molar-refractivity contribution is -0.145. The molecule has 12 N–H and O–H groups in total. The van der Waals surface area contributed by atoms with Gasteiger partial charge in [0.05, 0.1) is 13.4 Å². The number of esters is 1. The normalized spacial score (nSPS) is 13.1. The molecule has 3 amide bonds. The van der Waals surface area contributed by atoms with Crippen LogP contribution in [0.2, 0.25) is 0 Å². The van der Waals surface area contributed by atoms with Crippen LogP contribution >= 0.6 is 0 Å². The summed E-state index contributed by atoms with van der Waals surface area (Å²) in [6.07, 6.45) is 3.11. The van der Waals surface area contributed by atoms with Crippen LogP contribution in [-0.4, -0.2) is 89.7 Å². The molecular weight excluding hydrogens is 538 g/mol. The number of aromatic nitrogens is 2. The number of carbonyl (C=O) groups excluding carboxylic acids is 4. The Bertz CT molecular complexity index is 1040. The largest absolute Gasteiger partial charge is 0.467 e. The fraction of sp³-hybridized carbons (Fsp3) is 0.625. The molecule has 0 radical (unpaired) electrons. The molecule has 17 heteroatoms. The Morgan fingerprint density at radius 1 is 0.902 bits per heavy atom. The second-order valence-electron chi connectivity index (χ2n) is 10.0. The van der Waals surface area contributed by atoms with Crippen molar-refractivity contribution in [2.24, 2.45) is 32.9 Å². The molecule has 1 aromatic rings. The molecule has 0 fully saturated rings. The minimum Gasteiger partial charge on any atom is -0.467 e. The maximum Gasteiger partial charge on any atom is 0.408 e. The highest BCUT2D eigenvalue weighted by atomic mass is 16.6. The summed E-state index contributed by atoms with van der Waals surface area (Å²) in [7, 11) is 1.19. The molecule has 0 spiro atoms. The van der Waals surface area contributed by atoms with Crippen molar-refractivity contribution in [1.29, 1.82) is 0 Å². The van der Waals surface area contributed by atoms with Crippen molar-refractivity contribution < 1.29 is 28.7 Å². The van der Waals surface area contributed by atoms with E-state index in [1.54, 1.807) is 20.8 Å². The van der Waals surface area contributed by atoms with Gasteiger partial charge in [-0.05, 0) is 46.5 Å². The maximum absolute atomic E-state index is 13.4.